The van der Waals surface area contributed by atoms with Crippen molar-refractivity contribution in [1.82, 2.24) is 10.2 Å². The quantitative estimate of drug-likeness (QED) is 0.507. The molecule has 0 radical (unpaired) electrons. The number of carbonyl (C=O) groups is 2. The maximum absolute atomic E-state index is 13.6. The molecule has 0 saturated heterocycles. The highest BCUT2D eigenvalue weighted by Gasteiger charge is 2.30. The van der Waals surface area contributed by atoms with E-state index in [0.717, 1.165) is 32.5 Å². The fourth-order valence-corrected chi connectivity index (χ4v) is 4.76. The van der Waals surface area contributed by atoms with Crippen molar-refractivity contribution < 1.29 is 18.0 Å². The molecule has 180 valence electrons. The molecule has 0 aliphatic rings. The second-order valence-corrected chi connectivity index (χ2v) is 10.2. The summed E-state index contributed by atoms with van der Waals surface area (Å²) in [5, 5.41) is 4.35. The Bertz CT molecular complexity index is 1280. The topological polar surface area (TPSA) is 86.8 Å². The molecule has 2 amide bonds. The Labute approximate surface area is 201 Å². The maximum Gasteiger partial charge on any atom is 0.244 e. The SMILES string of the molecule is CCNC(=O)C(C)N(Cc1ccccc1C)C(=O)CN(c1cccc2ccccc12)S(C)(=O)=O. The zero-order valence-electron chi connectivity index (χ0n) is 20.0. The number of fused-ring (bicyclic) bond motifs is 1. The largest absolute Gasteiger partial charge is 0.355 e. The van der Waals surface area contributed by atoms with E-state index in [0.29, 0.717) is 12.2 Å². The highest BCUT2D eigenvalue weighted by atomic mass is 32.2. The molecule has 8 heteroatoms. The second kappa shape index (κ2) is 10.7. The first-order valence-electron chi connectivity index (χ1n) is 11.2. The molecule has 3 aromatic carbocycles. The number of hydrogen-bond donors (Lipinski definition) is 1. The van der Waals surface area contributed by atoms with Crippen LogP contribution >= 0.6 is 0 Å². The second-order valence-electron chi connectivity index (χ2n) is 8.29. The van der Waals surface area contributed by atoms with Crippen LogP contribution < -0.4 is 9.62 Å². The third kappa shape index (κ3) is 5.75. The van der Waals surface area contributed by atoms with Gasteiger partial charge in [-0.15, -0.1) is 0 Å². The van der Waals surface area contributed by atoms with Crippen LogP contribution in [0.25, 0.3) is 10.8 Å². The first kappa shape index (κ1) is 25.2. The number of sulfonamides is 1. The molecule has 0 spiro atoms. The van der Waals surface area contributed by atoms with Crippen LogP contribution in [-0.4, -0.2) is 50.5 Å². The van der Waals surface area contributed by atoms with Gasteiger partial charge in [-0.25, -0.2) is 8.42 Å². The Balaban J connectivity index is 2.01. The Morgan fingerprint density at radius 1 is 0.971 bits per heavy atom. The number of carbonyl (C=O) groups excluding carboxylic acids is 2. The van der Waals surface area contributed by atoms with Crippen molar-refractivity contribution in [3.8, 4) is 0 Å². The molecule has 0 saturated carbocycles. The van der Waals surface area contributed by atoms with Gasteiger partial charge in [0.05, 0.1) is 11.9 Å². The standard InChI is InChI=1S/C26H31N3O4S/c1-5-27-26(31)20(3)28(17-22-13-7-6-11-19(22)2)25(30)18-29(34(4,32)33)24-16-10-14-21-12-8-9-15-23(21)24/h6-16,20H,5,17-18H2,1-4H3,(H,27,31). The normalized spacial score (nSPS) is 12.2. The zero-order chi connectivity index (χ0) is 24.9. The fraction of sp³-hybridized carbons (Fsp3) is 0.308. The van der Waals surface area contributed by atoms with Gasteiger partial charge in [0.25, 0.3) is 0 Å². The smallest absolute Gasteiger partial charge is 0.244 e. The molecule has 34 heavy (non-hydrogen) atoms. The van der Waals surface area contributed by atoms with Gasteiger partial charge >= 0.3 is 0 Å². The van der Waals surface area contributed by atoms with E-state index in [1.165, 1.54) is 4.90 Å². The van der Waals surface area contributed by atoms with Crippen LogP contribution in [0.1, 0.15) is 25.0 Å². The van der Waals surface area contributed by atoms with Gasteiger partial charge in [-0.3, -0.25) is 13.9 Å². The van der Waals surface area contributed by atoms with Crippen molar-refractivity contribution in [2.24, 2.45) is 0 Å². The van der Waals surface area contributed by atoms with E-state index < -0.39 is 28.5 Å². The number of nitrogens with zero attached hydrogens (tertiary/aromatic N) is 2. The van der Waals surface area contributed by atoms with Gasteiger partial charge in [-0.05, 0) is 43.4 Å². The number of rotatable bonds is 9. The molecule has 1 unspecified atom stereocenters. The lowest BCUT2D eigenvalue weighted by atomic mass is 10.1. The summed E-state index contributed by atoms with van der Waals surface area (Å²) in [6.45, 7) is 5.61. The summed E-state index contributed by atoms with van der Waals surface area (Å²) in [5.41, 5.74) is 2.30. The molecule has 3 rings (SSSR count). The molecule has 0 aliphatic carbocycles. The van der Waals surface area contributed by atoms with E-state index in [9.17, 15) is 18.0 Å². The van der Waals surface area contributed by atoms with Gasteiger partial charge in [0, 0.05) is 18.5 Å². The van der Waals surface area contributed by atoms with Crippen LogP contribution in [0.5, 0.6) is 0 Å². The van der Waals surface area contributed by atoms with Gasteiger partial charge in [0.1, 0.15) is 12.6 Å². The Morgan fingerprint density at radius 2 is 1.62 bits per heavy atom. The highest BCUT2D eigenvalue weighted by molar-refractivity contribution is 7.92. The third-order valence-electron chi connectivity index (χ3n) is 5.83. The summed E-state index contributed by atoms with van der Waals surface area (Å²) in [6.07, 6.45) is 1.08. The Hall–Kier alpha value is -3.39. The monoisotopic (exact) mass is 481 g/mol. The van der Waals surface area contributed by atoms with Gasteiger partial charge in [-0.1, -0.05) is 60.7 Å². The molecule has 1 atom stereocenters. The van der Waals surface area contributed by atoms with Crippen LogP contribution in [-0.2, 0) is 26.2 Å². The summed E-state index contributed by atoms with van der Waals surface area (Å²) in [5.74, 6) is -0.749. The number of amides is 2. The van der Waals surface area contributed by atoms with Crippen LogP contribution in [0.3, 0.4) is 0 Å². The van der Waals surface area contributed by atoms with Crippen LogP contribution in [0.15, 0.2) is 66.7 Å². The van der Waals surface area contributed by atoms with Gasteiger partial charge in [0.2, 0.25) is 21.8 Å². The van der Waals surface area contributed by atoms with E-state index in [4.69, 9.17) is 0 Å². The van der Waals surface area contributed by atoms with Gasteiger partial charge < -0.3 is 10.2 Å². The third-order valence-corrected chi connectivity index (χ3v) is 6.96. The van der Waals surface area contributed by atoms with Crippen molar-refractivity contribution in [1.29, 1.82) is 0 Å². The first-order chi connectivity index (χ1) is 16.1. The number of nitrogens with one attached hydrogen (secondary N) is 1. The predicted molar refractivity (Wildman–Crippen MR) is 136 cm³/mol. The van der Waals surface area contributed by atoms with Crippen LogP contribution in [0.2, 0.25) is 0 Å². The van der Waals surface area contributed by atoms with E-state index in [2.05, 4.69) is 5.32 Å². The average molecular weight is 482 g/mol. The Kier molecular flexibility index (Phi) is 7.94. The van der Waals surface area contributed by atoms with E-state index in [1.54, 1.807) is 19.1 Å². The molecule has 7 nitrogen and oxygen atoms in total. The summed E-state index contributed by atoms with van der Waals surface area (Å²) in [6, 6.07) is 19.6. The van der Waals surface area contributed by atoms with Crippen molar-refractivity contribution in [3.05, 3.63) is 77.9 Å². The summed E-state index contributed by atoms with van der Waals surface area (Å²) >= 11 is 0. The van der Waals surface area contributed by atoms with Gasteiger partial charge in [0.15, 0.2) is 0 Å². The summed E-state index contributed by atoms with van der Waals surface area (Å²) in [7, 11) is -3.79. The molecule has 0 aliphatic heterocycles. The minimum atomic E-state index is -3.79. The lowest BCUT2D eigenvalue weighted by Crippen LogP contribution is -2.51. The molecule has 0 fully saturated rings. The minimum Gasteiger partial charge on any atom is -0.355 e. The van der Waals surface area contributed by atoms with E-state index in [1.807, 2.05) is 68.4 Å². The van der Waals surface area contributed by atoms with Crippen molar-refractivity contribution >= 4 is 38.3 Å². The lowest BCUT2D eigenvalue weighted by molar-refractivity contribution is -0.139. The van der Waals surface area contributed by atoms with E-state index >= 15 is 0 Å². The molecule has 0 aromatic heterocycles. The maximum atomic E-state index is 13.6. The van der Waals surface area contributed by atoms with Crippen LogP contribution in [0.4, 0.5) is 5.69 Å². The number of benzene rings is 3. The highest BCUT2D eigenvalue weighted by Crippen LogP contribution is 2.28. The molecular weight excluding hydrogens is 450 g/mol. The van der Waals surface area contributed by atoms with Crippen molar-refractivity contribution in [2.75, 3.05) is 23.7 Å². The van der Waals surface area contributed by atoms with E-state index in [-0.39, 0.29) is 12.5 Å². The lowest BCUT2D eigenvalue weighted by Gasteiger charge is -2.32. The molecule has 1 N–H and O–H groups in total. The number of hydrogen-bond acceptors (Lipinski definition) is 4. The van der Waals surface area contributed by atoms with Gasteiger partial charge in [-0.2, -0.15) is 0 Å². The van der Waals surface area contributed by atoms with Crippen molar-refractivity contribution in [2.45, 2.75) is 33.4 Å². The first-order valence-corrected chi connectivity index (χ1v) is 13.1. The summed E-state index contributed by atoms with van der Waals surface area (Å²) < 4.78 is 26.8. The van der Waals surface area contributed by atoms with Crippen molar-refractivity contribution in [3.63, 3.8) is 0 Å². The number of anilines is 1. The average Bonchev–Trinajstić information content (AvgIpc) is 2.80. The zero-order valence-corrected chi connectivity index (χ0v) is 20.8. The molecule has 3 aromatic rings. The molecule has 0 heterocycles. The molecular formula is C26H31N3O4S. The number of likely N-dealkylation sites (N-methyl/N-ethyl adjacent to an activating group) is 1. The number of aryl methyl sites for hydroxylation is 1. The summed E-state index contributed by atoms with van der Waals surface area (Å²) in [4.78, 5) is 27.7. The minimum absolute atomic E-state index is 0.191. The fourth-order valence-electron chi connectivity index (χ4n) is 3.90. The molecule has 0 bridgehead atoms. The van der Waals surface area contributed by atoms with Crippen LogP contribution in [0, 0.1) is 6.92 Å². The Morgan fingerprint density at radius 3 is 2.29 bits per heavy atom. The predicted octanol–water partition coefficient (Wildman–Crippen LogP) is 3.47.